The van der Waals surface area contributed by atoms with E-state index in [0.29, 0.717) is 25.9 Å². The molecule has 5 nitrogen and oxygen atoms in total. The largest absolute Gasteiger partial charge is 0.496 e. The molecule has 1 aliphatic rings. The van der Waals surface area contributed by atoms with Gasteiger partial charge in [0.1, 0.15) is 5.75 Å². The number of hydrogen-bond acceptors (Lipinski definition) is 3. The van der Waals surface area contributed by atoms with Crippen molar-refractivity contribution in [1.29, 1.82) is 0 Å². The number of amides is 2. The van der Waals surface area contributed by atoms with E-state index in [-0.39, 0.29) is 17.7 Å². The Balaban J connectivity index is 1.65. The van der Waals surface area contributed by atoms with Crippen molar-refractivity contribution in [2.24, 2.45) is 5.92 Å². The fourth-order valence-corrected chi connectivity index (χ4v) is 3.55. The first-order valence-electron chi connectivity index (χ1n) is 9.53. The maximum atomic E-state index is 12.7. The van der Waals surface area contributed by atoms with E-state index in [1.165, 1.54) is 11.6 Å². The molecule has 28 heavy (non-hydrogen) atoms. The standard InChI is InChI=1S/C23H26N2O3/c1-3-22(26)25-13-11-18(12-14-25)23(27)24-20-9-10-21(28-2)19(16-20)15-17-7-5-4-6-8-17/h3-10,16,18H,1,11-15H2,2H3,(H,24,27). The lowest BCUT2D eigenvalue weighted by Gasteiger charge is -2.30. The van der Waals surface area contributed by atoms with Gasteiger partial charge in [0.2, 0.25) is 11.8 Å². The van der Waals surface area contributed by atoms with Gasteiger partial charge in [-0.25, -0.2) is 0 Å². The highest BCUT2D eigenvalue weighted by atomic mass is 16.5. The lowest BCUT2D eigenvalue weighted by atomic mass is 9.95. The second-order valence-electron chi connectivity index (χ2n) is 6.98. The molecular weight excluding hydrogens is 352 g/mol. The van der Waals surface area contributed by atoms with Crippen LogP contribution in [0.25, 0.3) is 0 Å². The number of likely N-dealkylation sites (tertiary alicyclic amines) is 1. The van der Waals surface area contributed by atoms with Gasteiger partial charge in [-0.3, -0.25) is 9.59 Å². The number of anilines is 1. The number of piperidine rings is 1. The molecule has 1 aliphatic heterocycles. The molecule has 146 valence electrons. The maximum absolute atomic E-state index is 12.7. The molecule has 1 saturated heterocycles. The number of nitrogens with zero attached hydrogens (tertiary/aromatic N) is 1. The summed E-state index contributed by atoms with van der Waals surface area (Å²) in [5, 5.41) is 3.03. The fourth-order valence-electron chi connectivity index (χ4n) is 3.55. The molecule has 0 radical (unpaired) electrons. The summed E-state index contributed by atoms with van der Waals surface area (Å²) in [5.41, 5.74) is 2.97. The zero-order valence-electron chi connectivity index (χ0n) is 16.2. The zero-order chi connectivity index (χ0) is 19.9. The first-order chi connectivity index (χ1) is 13.6. The molecule has 0 saturated carbocycles. The van der Waals surface area contributed by atoms with Gasteiger partial charge in [-0.15, -0.1) is 0 Å². The third-order valence-electron chi connectivity index (χ3n) is 5.14. The molecule has 0 bridgehead atoms. The van der Waals surface area contributed by atoms with Crippen LogP contribution in [0.1, 0.15) is 24.0 Å². The summed E-state index contributed by atoms with van der Waals surface area (Å²) < 4.78 is 5.48. The number of nitrogens with one attached hydrogen (secondary N) is 1. The topological polar surface area (TPSA) is 58.6 Å². The van der Waals surface area contributed by atoms with Crippen LogP contribution in [0.3, 0.4) is 0 Å². The van der Waals surface area contributed by atoms with Crippen molar-refractivity contribution in [3.8, 4) is 5.75 Å². The zero-order valence-corrected chi connectivity index (χ0v) is 16.2. The van der Waals surface area contributed by atoms with Crippen molar-refractivity contribution in [2.45, 2.75) is 19.3 Å². The predicted octanol–water partition coefficient (Wildman–Crippen LogP) is 3.65. The molecule has 1 N–H and O–H groups in total. The van der Waals surface area contributed by atoms with E-state index in [4.69, 9.17) is 4.74 Å². The number of ether oxygens (including phenoxy) is 1. The number of rotatable bonds is 6. The van der Waals surface area contributed by atoms with Crippen molar-refractivity contribution in [3.05, 3.63) is 72.3 Å². The third-order valence-corrected chi connectivity index (χ3v) is 5.14. The fraction of sp³-hybridized carbons (Fsp3) is 0.304. The molecule has 5 heteroatoms. The Morgan fingerprint density at radius 2 is 1.89 bits per heavy atom. The highest BCUT2D eigenvalue weighted by molar-refractivity contribution is 5.93. The first kappa shape index (κ1) is 19.7. The van der Waals surface area contributed by atoms with Crippen LogP contribution in [0.4, 0.5) is 5.69 Å². The number of benzene rings is 2. The molecule has 0 unspecified atom stereocenters. The molecule has 0 aliphatic carbocycles. The molecule has 1 fully saturated rings. The molecule has 0 aromatic heterocycles. The number of carbonyl (C=O) groups excluding carboxylic acids is 2. The van der Waals surface area contributed by atoms with Crippen LogP contribution < -0.4 is 10.1 Å². The van der Waals surface area contributed by atoms with Gasteiger partial charge in [-0.2, -0.15) is 0 Å². The van der Waals surface area contributed by atoms with E-state index in [1.54, 1.807) is 12.0 Å². The minimum Gasteiger partial charge on any atom is -0.496 e. The molecule has 0 spiro atoms. The van der Waals surface area contributed by atoms with Gasteiger partial charge >= 0.3 is 0 Å². The SMILES string of the molecule is C=CC(=O)N1CCC(C(=O)Nc2ccc(OC)c(Cc3ccccc3)c2)CC1. The second kappa shape index (κ2) is 9.22. The summed E-state index contributed by atoms with van der Waals surface area (Å²) in [6.45, 7) is 4.69. The predicted molar refractivity (Wildman–Crippen MR) is 110 cm³/mol. The smallest absolute Gasteiger partial charge is 0.245 e. The molecular formula is C23H26N2O3. The number of hydrogen-bond donors (Lipinski definition) is 1. The van der Waals surface area contributed by atoms with E-state index in [1.807, 2.05) is 36.4 Å². The van der Waals surface area contributed by atoms with Crippen LogP contribution in [0, 0.1) is 5.92 Å². The molecule has 2 amide bonds. The minimum absolute atomic E-state index is 0.00142. The Bertz CT molecular complexity index is 840. The Morgan fingerprint density at radius 3 is 2.54 bits per heavy atom. The van der Waals surface area contributed by atoms with E-state index >= 15 is 0 Å². The third kappa shape index (κ3) is 4.80. The van der Waals surface area contributed by atoms with E-state index in [0.717, 1.165) is 23.4 Å². The van der Waals surface area contributed by atoms with Gasteiger partial charge < -0.3 is 15.0 Å². The van der Waals surface area contributed by atoms with Crippen LogP contribution in [0.2, 0.25) is 0 Å². The van der Waals surface area contributed by atoms with E-state index in [9.17, 15) is 9.59 Å². The Labute approximate surface area is 166 Å². The highest BCUT2D eigenvalue weighted by Gasteiger charge is 2.26. The molecule has 2 aromatic rings. The quantitative estimate of drug-likeness (QED) is 0.781. The van der Waals surface area contributed by atoms with Crippen LogP contribution in [-0.4, -0.2) is 36.9 Å². The molecule has 0 atom stereocenters. The van der Waals surface area contributed by atoms with Gasteiger partial charge in [-0.05, 0) is 42.7 Å². The van der Waals surface area contributed by atoms with Crippen LogP contribution >= 0.6 is 0 Å². The van der Waals surface area contributed by atoms with Gasteiger partial charge in [0.25, 0.3) is 0 Å². The summed E-state index contributed by atoms with van der Waals surface area (Å²) in [6.07, 6.45) is 3.39. The second-order valence-corrected chi connectivity index (χ2v) is 6.98. The summed E-state index contributed by atoms with van der Waals surface area (Å²) in [4.78, 5) is 26.1. The lowest BCUT2D eigenvalue weighted by molar-refractivity contribution is -0.130. The molecule has 3 rings (SSSR count). The summed E-state index contributed by atoms with van der Waals surface area (Å²) in [7, 11) is 1.65. The first-order valence-corrected chi connectivity index (χ1v) is 9.53. The van der Waals surface area contributed by atoms with E-state index < -0.39 is 0 Å². The van der Waals surface area contributed by atoms with Crippen molar-refractivity contribution in [2.75, 3.05) is 25.5 Å². The van der Waals surface area contributed by atoms with Crippen LogP contribution in [0.5, 0.6) is 5.75 Å². The lowest BCUT2D eigenvalue weighted by Crippen LogP contribution is -2.40. The van der Waals surface area contributed by atoms with Crippen LogP contribution in [0.15, 0.2) is 61.2 Å². The Hall–Kier alpha value is -3.08. The van der Waals surface area contributed by atoms with Crippen molar-refractivity contribution >= 4 is 17.5 Å². The van der Waals surface area contributed by atoms with Crippen molar-refractivity contribution in [1.82, 2.24) is 4.90 Å². The number of carbonyl (C=O) groups is 2. The molecule has 1 heterocycles. The van der Waals surface area contributed by atoms with Crippen LogP contribution in [-0.2, 0) is 16.0 Å². The van der Waals surface area contributed by atoms with E-state index in [2.05, 4.69) is 24.0 Å². The summed E-state index contributed by atoms with van der Waals surface area (Å²) in [6, 6.07) is 15.9. The Kier molecular flexibility index (Phi) is 6.48. The molecule has 2 aromatic carbocycles. The van der Waals surface area contributed by atoms with Gasteiger partial charge in [0, 0.05) is 36.7 Å². The van der Waals surface area contributed by atoms with Gasteiger partial charge in [-0.1, -0.05) is 36.9 Å². The average Bonchev–Trinajstić information content (AvgIpc) is 2.74. The van der Waals surface area contributed by atoms with Crippen molar-refractivity contribution < 1.29 is 14.3 Å². The normalized spacial score (nSPS) is 14.4. The number of methoxy groups -OCH3 is 1. The minimum atomic E-state index is -0.0893. The van der Waals surface area contributed by atoms with Gasteiger partial charge in [0.05, 0.1) is 7.11 Å². The maximum Gasteiger partial charge on any atom is 0.245 e. The Morgan fingerprint density at radius 1 is 1.18 bits per heavy atom. The highest BCUT2D eigenvalue weighted by Crippen LogP contribution is 2.26. The van der Waals surface area contributed by atoms with Crippen molar-refractivity contribution in [3.63, 3.8) is 0 Å². The van der Waals surface area contributed by atoms with Gasteiger partial charge in [0.15, 0.2) is 0 Å². The average molecular weight is 378 g/mol. The monoisotopic (exact) mass is 378 g/mol. The summed E-state index contributed by atoms with van der Waals surface area (Å²) >= 11 is 0. The summed E-state index contributed by atoms with van der Waals surface area (Å²) in [5.74, 6) is 0.646.